The molecule has 1 aromatic heterocycles. The van der Waals surface area contributed by atoms with Crippen LogP contribution in [0.4, 0.5) is 16.5 Å². The summed E-state index contributed by atoms with van der Waals surface area (Å²) in [4.78, 5) is 32.8. The number of aromatic nitrogens is 1. The molecule has 5 rings (SSSR count). The van der Waals surface area contributed by atoms with E-state index in [0.717, 1.165) is 39.2 Å². The summed E-state index contributed by atoms with van der Waals surface area (Å²) in [6.45, 7) is 2.60. The van der Waals surface area contributed by atoms with Gasteiger partial charge in [-0.1, -0.05) is 48.0 Å². The van der Waals surface area contributed by atoms with Crippen LogP contribution in [0.1, 0.15) is 26.4 Å². The topological polar surface area (TPSA) is 88.3 Å². The molecule has 0 saturated carbocycles. The van der Waals surface area contributed by atoms with Crippen LogP contribution in [0.3, 0.4) is 0 Å². The molecule has 0 spiro atoms. The highest BCUT2D eigenvalue weighted by atomic mass is 32.1. The molecule has 0 aliphatic carbocycles. The Kier molecular flexibility index (Phi) is 5.86. The Balaban J connectivity index is 1.35. The van der Waals surface area contributed by atoms with Gasteiger partial charge in [-0.2, -0.15) is 0 Å². The Morgan fingerprint density at radius 2 is 1.91 bits per heavy atom. The Labute approximate surface area is 202 Å². The van der Waals surface area contributed by atoms with Crippen LogP contribution in [0.15, 0.2) is 72.9 Å². The second-order valence-electron chi connectivity index (χ2n) is 8.35. The van der Waals surface area contributed by atoms with Gasteiger partial charge in [0.25, 0.3) is 5.91 Å². The number of nitrogen functional groups attached to an aromatic ring is 1. The number of hydrogen-bond donors (Lipinski definition) is 2. The Bertz CT molecular complexity index is 1380. The second kappa shape index (κ2) is 9.11. The number of anilines is 3. The number of nitrogens with zero attached hydrogens (tertiary/aromatic N) is 2. The summed E-state index contributed by atoms with van der Waals surface area (Å²) >= 11 is 1.34. The monoisotopic (exact) mass is 468 g/mol. The number of rotatable bonds is 5. The number of benzene rings is 3. The van der Waals surface area contributed by atoms with Gasteiger partial charge < -0.3 is 16.0 Å². The van der Waals surface area contributed by atoms with Crippen molar-refractivity contribution in [3.63, 3.8) is 0 Å². The van der Waals surface area contributed by atoms with Gasteiger partial charge in [0.1, 0.15) is 0 Å². The number of carbonyl (C=O) groups is 2. The molecule has 0 atom stereocenters. The molecule has 6 nitrogen and oxygen atoms in total. The molecule has 0 radical (unpaired) electrons. The van der Waals surface area contributed by atoms with Gasteiger partial charge in [-0.25, -0.2) is 4.98 Å². The fourth-order valence-electron chi connectivity index (χ4n) is 4.30. The van der Waals surface area contributed by atoms with Gasteiger partial charge in [0.15, 0.2) is 5.13 Å². The van der Waals surface area contributed by atoms with Gasteiger partial charge in [0.05, 0.1) is 6.42 Å². The molecular formula is C27H24N4O2S. The highest BCUT2D eigenvalue weighted by molar-refractivity contribution is 7.15. The van der Waals surface area contributed by atoms with E-state index < -0.39 is 0 Å². The van der Waals surface area contributed by atoms with E-state index in [-0.39, 0.29) is 18.2 Å². The lowest BCUT2D eigenvalue weighted by atomic mass is 9.97. The predicted octanol–water partition coefficient (Wildman–Crippen LogP) is 5.08. The minimum Gasteiger partial charge on any atom is -0.375 e. The molecule has 3 aromatic carbocycles. The molecule has 1 aliphatic rings. The summed E-state index contributed by atoms with van der Waals surface area (Å²) in [6.07, 6.45) is 2.68. The van der Waals surface area contributed by atoms with E-state index in [1.807, 2.05) is 73.7 Å². The van der Waals surface area contributed by atoms with Crippen LogP contribution < -0.4 is 16.0 Å². The number of thiazole rings is 1. The summed E-state index contributed by atoms with van der Waals surface area (Å²) in [6, 6.07) is 21.5. The number of nitrogens with two attached hydrogens (primary N) is 1. The summed E-state index contributed by atoms with van der Waals surface area (Å²) in [5, 5.41) is 3.52. The highest BCUT2D eigenvalue weighted by Gasteiger charge is 2.25. The number of carbonyl (C=O) groups excluding carboxylic acids is 2. The van der Waals surface area contributed by atoms with Crippen molar-refractivity contribution < 1.29 is 9.59 Å². The van der Waals surface area contributed by atoms with Crippen molar-refractivity contribution >= 4 is 39.7 Å². The normalized spacial score (nSPS) is 12.4. The van der Waals surface area contributed by atoms with Crippen LogP contribution in [0, 0.1) is 6.92 Å². The average Bonchev–Trinajstić information content (AvgIpc) is 3.45. The molecule has 4 aromatic rings. The molecule has 0 saturated heterocycles. The van der Waals surface area contributed by atoms with Crippen molar-refractivity contribution in [3.8, 4) is 11.1 Å². The van der Waals surface area contributed by atoms with E-state index in [1.54, 1.807) is 11.1 Å². The minimum atomic E-state index is -0.156. The first-order valence-electron chi connectivity index (χ1n) is 11.1. The third kappa shape index (κ3) is 4.43. The van der Waals surface area contributed by atoms with Crippen molar-refractivity contribution in [2.45, 2.75) is 19.8 Å². The van der Waals surface area contributed by atoms with E-state index in [9.17, 15) is 9.59 Å². The second-order valence-corrected chi connectivity index (χ2v) is 9.50. The molecule has 7 heteroatoms. The molecule has 0 fully saturated rings. The van der Waals surface area contributed by atoms with Crippen molar-refractivity contribution in [2.24, 2.45) is 0 Å². The van der Waals surface area contributed by atoms with Crippen molar-refractivity contribution in [3.05, 3.63) is 94.5 Å². The van der Waals surface area contributed by atoms with Gasteiger partial charge in [0.2, 0.25) is 5.91 Å². The maximum absolute atomic E-state index is 13.2. The maximum atomic E-state index is 13.2. The first kappa shape index (κ1) is 21.9. The number of hydrogen-bond acceptors (Lipinski definition) is 5. The third-order valence-electron chi connectivity index (χ3n) is 5.94. The molecule has 1 aliphatic heterocycles. The SMILES string of the molecule is Cc1ccc(-c2ccccc2)c(C(=O)Nc2ccc3c(c2)CCN3C(=O)Cc2cnc(N)s2)c1. The molecule has 0 bridgehead atoms. The van der Waals surface area contributed by atoms with Crippen molar-refractivity contribution in [1.29, 1.82) is 0 Å². The van der Waals surface area contributed by atoms with E-state index in [1.165, 1.54) is 11.3 Å². The Morgan fingerprint density at radius 1 is 1.09 bits per heavy atom. The maximum Gasteiger partial charge on any atom is 0.256 e. The molecule has 2 amide bonds. The third-order valence-corrected chi connectivity index (χ3v) is 6.76. The number of nitrogens with one attached hydrogen (secondary N) is 1. The van der Waals surface area contributed by atoms with Crippen molar-refractivity contribution in [2.75, 3.05) is 22.5 Å². The number of amides is 2. The summed E-state index contributed by atoms with van der Waals surface area (Å²) in [5.41, 5.74) is 11.9. The fraction of sp³-hybridized carbons (Fsp3) is 0.148. The highest BCUT2D eigenvalue weighted by Crippen LogP contribution is 2.32. The summed E-state index contributed by atoms with van der Waals surface area (Å²) < 4.78 is 0. The zero-order valence-electron chi connectivity index (χ0n) is 18.7. The number of fused-ring (bicyclic) bond motifs is 1. The minimum absolute atomic E-state index is 0.0199. The molecule has 34 heavy (non-hydrogen) atoms. The van der Waals surface area contributed by atoms with Crippen LogP contribution >= 0.6 is 11.3 Å². The quantitative estimate of drug-likeness (QED) is 0.427. The lowest BCUT2D eigenvalue weighted by Gasteiger charge is -2.17. The van der Waals surface area contributed by atoms with Crippen molar-refractivity contribution in [1.82, 2.24) is 4.98 Å². The van der Waals surface area contributed by atoms with Gasteiger partial charge >= 0.3 is 0 Å². The van der Waals surface area contributed by atoms with E-state index in [4.69, 9.17) is 5.73 Å². The zero-order chi connectivity index (χ0) is 23.7. The largest absolute Gasteiger partial charge is 0.375 e. The summed E-state index contributed by atoms with van der Waals surface area (Å²) in [7, 11) is 0. The van der Waals surface area contributed by atoms with Gasteiger partial charge in [0, 0.05) is 34.6 Å². The number of aryl methyl sites for hydroxylation is 1. The molecule has 170 valence electrons. The van der Waals surface area contributed by atoms with Gasteiger partial charge in [-0.15, -0.1) is 11.3 Å². The Hall–Kier alpha value is -3.97. The predicted molar refractivity (Wildman–Crippen MR) is 137 cm³/mol. The average molecular weight is 469 g/mol. The molecule has 3 N–H and O–H groups in total. The smallest absolute Gasteiger partial charge is 0.256 e. The first-order valence-corrected chi connectivity index (χ1v) is 11.9. The van der Waals surface area contributed by atoms with E-state index in [0.29, 0.717) is 22.9 Å². The lowest BCUT2D eigenvalue weighted by Crippen LogP contribution is -2.30. The van der Waals surface area contributed by atoms with Crippen LogP contribution in [0.25, 0.3) is 11.1 Å². The summed E-state index contributed by atoms with van der Waals surface area (Å²) in [5.74, 6) is -0.136. The fourth-order valence-corrected chi connectivity index (χ4v) is 4.98. The molecular weight excluding hydrogens is 444 g/mol. The first-order chi connectivity index (χ1) is 16.5. The van der Waals surface area contributed by atoms with E-state index in [2.05, 4.69) is 10.3 Å². The molecule has 0 unspecified atom stereocenters. The van der Waals surface area contributed by atoms with Gasteiger partial charge in [-0.3, -0.25) is 9.59 Å². The van der Waals surface area contributed by atoms with Crippen LogP contribution in [0.2, 0.25) is 0 Å². The molecule has 2 heterocycles. The van der Waals surface area contributed by atoms with Crippen LogP contribution in [-0.2, 0) is 17.6 Å². The van der Waals surface area contributed by atoms with Gasteiger partial charge in [-0.05, 0) is 54.3 Å². The van der Waals surface area contributed by atoms with Crippen LogP contribution in [0.5, 0.6) is 0 Å². The standard InChI is InChI=1S/C27H24N4O2S/c1-17-7-9-22(18-5-3-2-4-6-18)23(13-17)26(33)30-20-8-10-24-19(14-20)11-12-31(24)25(32)15-21-16-29-27(28)34-21/h2-10,13-14,16H,11-12,15H2,1H3,(H2,28,29)(H,30,33). The zero-order valence-corrected chi connectivity index (χ0v) is 19.6. The Morgan fingerprint density at radius 3 is 2.68 bits per heavy atom. The lowest BCUT2D eigenvalue weighted by molar-refractivity contribution is -0.117. The van der Waals surface area contributed by atoms with Crippen LogP contribution in [-0.4, -0.2) is 23.3 Å². The van der Waals surface area contributed by atoms with E-state index >= 15 is 0 Å².